The van der Waals surface area contributed by atoms with Crippen LogP contribution >= 0.6 is 0 Å². The predicted molar refractivity (Wildman–Crippen MR) is 81.0 cm³/mol. The standard InChI is InChI=1S/C16H15NO5S/c1-10-2-4-11(5-3-10)23(19,20)15-8-14-12(6-7-21-14)17-13(15)9-22-16(17)18/h2-7,12,14H,8-9H2,1H3/t12-,14-/m1/s1. The molecular weight excluding hydrogens is 318 g/mol. The number of sulfone groups is 1. The minimum atomic E-state index is -3.70. The summed E-state index contributed by atoms with van der Waals surface area (Å²) in [6.45, 7) is 1.88. The number of fused-ring (bicyclic) bond motifs is 3. The molecule has 0 aliphatic carbocycles. The second kappa shape index (κ2) is 4.86. The van der Waals surface area contributed by atoms with Crippen LogP contribution in [-0.2, 0) is 19.3 Å². The highest BCUT2D eigenvalue weighted by Gasteiger charge is 2.48. The molecule has 2 atom stereocenters. The van der Waals surface area contributed by atoms with E-state index in [1.54, 1.807) is 30.3 Å². The van der Waals surface area contributed by atoms with E-state index in [4.69, 9.17) is 9.47 Å². The molecule has 1 aromatic carbocycles. The van der Waals surface area contributed by atoms with Gasteiger partial charge in [-0.05, 0) is 25.1 Å². The quantitative estimate of drug-likeness (QED) is 0.829. The molecule has 1 fully saturated rings. The molecule has 23 heavy (non-hydrogen) atoms. The second-order valence-electron chi connectivity index (χ2n) is 5.81. The van der Waals surface area contributed by atoms with Crippen molar-refractivity contribution in [2.45, 2.75) is 30.4 Å². The van der Waals surface area contributed by atoms with Gasteiger partial charge in [-0.25, -0.2) is 13.2 Å². The van der Waals surface area contributed by atoms with Crippen LogP contribution in [0.1, 0.15) is 12.0 Å². The van der Waals surface area contributed by atoms with Crippen LogP contribution in [0.15, 0.2) is 52.1 Å². The van der Waals surface area contributed by atoms with E-state index < -0.39 is 15.9 Å². The van der Waals surface area contributed by atoms with Crippen molar-refractivity contribution in [3.8, 4) is 0 Å². The summed E-state index contributed by atoms with van der Waals surface area (Å²) < 4.78 is 36.5. The van der Waals surface area contributed by atoms with Crippen molar-refractivity contribution in [3.05, 3.63) is 52.8 Å². The number of amides is 1. The van der Waals surface area contributed by atoms with Gasteiger partial charge in [0.2, 0.25) is 9.84 Å². The normalized spacial score (nSPS) is 26.0. The van der Waals surface area contributed by atoms with Crippen LogP contribution in [0.25, 0.3) is 0 Å². The fourth-order valence-electron chi connectivity index (χ4n) is 3.17. The predicted octanol–water partition coefficient (Wildman–Crippen LogP) is 2.12. The topological polar surface area (TPSA) is 72.9 Å². The molecule has 3 heterocycles. The second-order valence-corrected chi connectivity index (χ2v) is 7.78. The fourth-order valence-corrected chi connectivity index (χ4v) is 4.80. The molecule has 0 N–H and O–H groups in total. The molecule has 1 saturated heterocycles. The summed E-state index contributed by atoms with van der Waals surface area (Å²) in [6.07, 6.45) is 2.59. The molecule has 3 aliphatic heterocycles. The Bertz CT molecular complexity index is 838. The zero-order valence-electron chi connectivity index (χ0n) is 12.4. The molecule has 0 aromatic heterocycles. The number of nitrogens with zero attached hydrogens (tertiary/aromatic N) is 1. The third-order valence-corrected chi connectivity index (χ3v) is 6.34. The van der Waals surface area contributed by atoms with Gasteiger partial charge in [0.05, 0.1) is 27.8 Å². The first-order valence-corrected chi connectivity index (χ1v) is 8.79. The summed E-state index contributed by atoms with van der Waals surface area (Å²) in [5, 5.41) is 0. The van der Waals surface area contributed by atoms with E-state index >= 15 is 0 Å². The first-order chi connectivity index (χ1) is 11.0. The highest BCUT2D eigenvalue weighted by molar-refractivity contribution is 7.95. The Hall–Kier alpha value is -2.28. The van der Waals surface area contributed by atoms with Crippen LogP contribution in [0, 0.1) is 6.92 Å². The van der Waals surface area contributed by atoms with E-state index in [9.17, 15) is 13.2 Å². The molecule has 0 radical (unpaired) electrons. The molecule has 120 valence electrons. The van der Waals surface area contributed by atoms with Gasteiger partial charge in [-0.15, -0.1) is 0 Å². The van der Waals surface area contributed by atoms with Gasteiger partial charge in [-0.3, -0.25) is 4.90 Å². The Morgan fingerprint density at radius 2 is 1.96 bits per heavy atom. The largest absolute Gasteiger partial charge is 0.495 e. The van der Waals surface area contributed by atoms with Gasteiger partial charge in [0.15, 0.2) is 0 Å². The molecule has 1 aromatic rings. The maximum atomic E-state index is 13.0. The smallest absolute Gasteiger partial charge is 0.415 e. The van der Waals surface area contributed by atoms with Gasteiger partial charge >= 0.3 is 6.09 Å². The molecule has 0 saturated carbocycles. The molecule has 4 rings (SSSR count). The molecule has 7 heteroatoms. The zero-order valence-corrected chi connectivity index (χ0v) is 13.2. The van der Waals surface area contributed by atoms with Crippen LogP contribution in [0.4, 0.5) is 4.79 Å². The first kappa shape index (κ1) is 14.3. The van der Waals surface area contributed by atoms with Crippen LogP contribution < -0.4 is 0 Å². The van der Waals surface area contributed by atoms with Crippen molar-refractivity contribution < 1.29 is 22.7 Å². The molecule has 0 unspecified atom stereocenters. The average molecular weight is 333 g/mol. The summed E-state index contributed by atoms with van der Waals surface area (Å²) in [6, 6.07) is 6.38. The summed E-state index contributed by atoms with van der Waals surface area (Å²) in [5.41, 5.74) is 1.40. The molecule has 0 spiro atoms. The van der Waals surface area contributed by atoms with Crippen molar-refractivity contribution in [1.29, 1.82) is 0 Å². The van der Waals surface area contributed by atoms with Crippen LogP contribution in [0.2, 0.25) is 0 Å². The summed E-state index contributed by atoms with van der Waals surface area (Å²) in [5.74, 6) is 0. The lowest BCUT2D eigenvalue weighted by Gasteiger charge is -2.33. The number of carbonyl (C=O) groups excluding carboxylic acids is 1. The minimum Gasteiger partial charge on any atom is -0.495 e. The SMILES string of the molecule is Cc1ccc(S(=O)(=O)C2=C3COC(=O)N3[C@@H]3C=CO[C@@H]3C2)cc1. The van der Waals surface area contributed by atoms with Crippen LogP contribution in [0.5, 0.6) is 0 Å². The van der Waals surface area contributed by atoms with E-state index in [-0.39, 0.29) is 35.0 Å². The fraction of sp³-hybridized carbons (Fsp3) is 0.312. The molecule has 6 nitrogen and oxygen atoms in total. The Morgan fingerprint density at radius 1 is 1.22 bits per heavy atom. The van der Waals surface area contributed by atoms with Gasteiger partial charge in [0, 0.05) is 6.42 Å². The number of aryl methyl sites for hydroxylation is 1. The summed E-state index contributed by atoms with van der Waals surface area (Å²) >= 11 is 0. The number of ether oxygens (including phenoxy) is 2. The third kappa shape index (κ3) is 2.07. The third-order valence-electron chi connectivity index (χ3n) is 4.39. The van der Waals surface area contributed by atoms with Crippen molar-refractivity contribution >= 4 is 15.9 Å². The monoisotopic (exact) mass is 333 g/mol. The molecule has 3 aliphatic rings. The number of benzene rings is 1. The summed E-state index contributed by atoms with van der Waals surface area (Å²) in [4.78, 5) is 13.8. The van der Waals surface area contributed by atoms with Gasteiger partial charge in [0.1, 0.15) is 12.7 Å². The first-order valence-electron chi connectivity index (χ1n) is 7.30. The van der Waals surface area contributed by atoms with Gasteiger partial charge < -0.3 is 9.47 Å². The Labute approximate surface area is 133 Å². The van der Waals surface area contributed by atoms with E-state index in [0.717, 1.165) is 5.56 Å². The van der Waals surface area contributed by atoms with Gasteiger partial charge in [0.25, 0.3) is 0 Å². The van der Waals surface area contributed by atoms with Crippen molar-refractivity contribution in [3.63, 3.8) is 0 Å². The summed E-state index contributed by atoms with van der Waals surface area (Å²) in [7, 11) is -3.70. The average Bonchev–Trinajstić information content (AvgIpc) is 3.13. The van der Waals surface area contributed by atoms with Crippen LogP contribution in [-0.4, -0.2) is 38.2 Å². The number of carbonyl (C=O) groups is 1. The Balaban J connectivity index is 1.84. The lowest BCUT2D eigenvalue weighted by molar-refractivity contribution is 0.0971. The molecular formula is C16H15NO5S. The van der Waals surface area contributed by atoms with Gasteiger partial charge in [-0.2, -0.15) is 0 Å². The van der Waals surface area contributed by atoms with E-state index in [1.165, 1.54) is 11.2 Å². The van der Waals surface area contributed by atoms with E-state index in [0.29, 0.717) is 5.70 Å². The highest BCUT2D eigenvalue weighted by atomic mass is 32.2. The van der Waals surface area contributed by atoms with E-state index in [2.05, 4.69) is 0 Å². The molecule has 0 bridgehead atoms. The van der Waals surface area contributed by atoms with Crippen molar-refractivity contribution in [2.24, 2.45) is 0 Å². The Morgan fingerprint density at radius 3 is 2.70 bits per heavy atom. The van der Waals surface area contributed by atoms with Crippen molar-refractivity contribution in [2.75, 3.05) is 6.61 Å². The maximum Gasteiger partial charge on any atom is 0.415 e. The maximum absolute atomic E-state index is 13.0. The highest BCUT2D eigenvalue weighted by Crippen LogP contribution is 2.40. The minimum absolute atomic E-state index is 0.0175. The Kier molecular flexibility index (Phi) is 3.02. The number of rotatable bonds is 2. The lowest BCUT2D eigenvalue weighted by Crippen LogP contribution is -2.45. The lowest BCUT2D eigenvalue weighted by atomic mass is 10.0. The molecule has 1 amide bonds. The van der Waals surface area contributed by atoms with Gasteiger partial charge in [-0.1, -0.05) is 17.7 Å². The van der Waals surface area contributed by atoms with Crippen molar-refractivity contribution in [1.82, 2.24) is 4.90 Å². The van der Waals surface area contributed by atoms with E-state index in [1.807, 2.05) is 6.92 Å². The number of cyclic esters (lactones) is 1. The number of hydrogen-bond acceptors (Lipinski definition) is 5. The van der Waals surface area contributed by atoms with Crippen LogP contribution in [0.3, 0.4) is 0 Å². The zero-order chi connectivity index (χ0) is 16.2. The number of hydrogen-bond donors (Lipinski definition) is 0.